The molecule has 7 nitrogen and oxygen atoms in total. The molecule has 0 atom stereocenters. The maximum atomic E-state index is 12.3. The average Bonchev–Trinajstić information content (AvgIpc) is 2.60. The molecule has 0 aliphatic rings. The van der Waals surface area contributed by atoms with Gasteiger partial charge in [-0.25, -0.2) is 13.2 Å². The molecular weight excluding hydrogens is 346 g/mol. The van der Waals surface area contributed by atoms with E-state index in [0.717, 1.165) is 11.6 Å². The van der Waals surface area contributed by atoms with Gasteiger partial charge >= 0.3 is 5.97 Å². The lowest BCUT2D eigenvalue weighted by atomic mass is 10.2. The van der Waals surface area contributed by atoms with Crippen LogP contribution in [0.1, 0.15) is 29.3 Å². The highest BCUT2D eigenvalue weighted by molar-refractivity contribution is 7.89. The van der Waals surface area contributed by atoms with Gasteiger partial charge in [0.25, 0.3) is 10.0 Å². The maximum Gasteiger partial charge on any atom is 0.339 e. The molecule has 25 heavy (non-hydrogen) atoms. The summed E-state index contributed by atoms with van der Waals surface area (Å²) < 4.78 is 29.8. The second-order valence-electron chi connectivity index (χ2n) is 5.17. The smallest absolute Gasteiger partial charge is 0.339 e. The van der Waals surface area contributed by atoms with E-state index >= 15 is 0 Å². The Balaban J connectivity index is 2.12. The van der Waals surface area contributed by atoms with Gasteiger partial charge in [0.2, 0.25) is 0 Å². The molecule has 0 heterocycles. The standard InChI is InChI=1S/C17H19NO6S/c1-2-10-23-16-9-8-14(11-15(16)17(19)20)25(21,22)18-24-12-13-6-4-3-5-7-13/h3-9,11,18H,2,10,12H2,1H3,(H,19,20). The van der Waals surface area contributed by atoms with E-state index in [0.29, 0.717) is 13.0 Å². The number of carbonyl (C=O) groups is 1. The van der Waals surface area contributed by atoms with Crippen molar-refractivity contribution in [2.24, 2.45) is 0 Å². The molecule has 0 amide bonds. The zero-order valence-corrected chi connectivity index (χ0v) is 14.5. The van der Waals surface area contributed by atoms with Crippen LogP contribution in [0.25, 0.3) is 0 Å². The lowest BCUT2D eigenvalue weighted by Crippen LogP contribution is -2.24. The van der Waals surface area contributed by atoms with Crippen molar-refractivity contribution >= 4 is 16.0 Å². The van der Waals surface area contributed by atoms with Crippen molar-refractivity contribution in [3.63, 3.8) is 0 Å². The number of ether oxygens (including phenoxy) is 1. The van der Waals surface area contributed by atoms with Crippen LogP contribution in [0.15, 0.2) is 53.4 Å². The summed E-state index contributed by atoms with van der Waals surface area (Å²) >= 11 is 0. The first kappa shape index (κ1) is 18.9. The Labute approximate surface area is 146 Å². The number of carboxylic acid groups (broad SMARTS) is 1. The maximum absolute atomic E-state index is 12.3. The van der Waals surface area contributed by atoms with E-state index in [4.69, 9.17) is 9.57 Å². The van der Waals surface area contributed by atoms with E-state index in [2.05, 4.69) is 0 Å². The fourth-order valence-corrected chi connectivity index (χ4v) is 2.82. The molecule has 0 aliphatic heterocycles. The largest absolute Gasteiger partial charge is 0.493 e. The number of hydrogen-bond donors (Lipinski definition) is 2. The first-order chi connectivity index (χ1) is 11.9. The van der Waals surface area contributed by atoms with Gasteiger partial charge in [0, 0.05) is 0 Å². The number of benzene rings is 2. The number of rotatable bonds is 9. The summed E-state index contributed by atoms with van der Waals surface area (Å²) in [6.07, 6.45) is 0.702. The van der Waals surface area contributed by atoms with Crippen LogP contribution in [0.4, 0.5) is 0 Å². The summed E-state index contributed by atoms with van der Waals surface area (Å²) in [5, 5.41) is 9.25. The number of aromatic carboxylic acids is 1. The third-order valence-electron chi connectivity index (χ3n) is 3.20. The summed E-state index contributed by atoms with van der Waals surface area (Å²) in [5.74, 6) is -1.15. The van der Waals surface area contributed by atoms with Gasteiger partial charge in [-0.05, 0) is 30.2 Å². The molecule has 8 heteroatoms. The molecule has 2 N–H and O–H groups in total. The Kier molecular flexibility index (Phi) is 6.51. The number of hydrogen-bond acceptors (Lipinski definition) is 5. The van der Waals surface area contributed by atoms with Crippen LogP contribution < -0.4 is 9.62 Å². The topological polar surface area (TPSA) is 102 Å². The van der Waals surface area contributed by atoms with Crippen molar-refractivity contribution in [2.75, 3.05) is 6.61 Å². The molecule has 2 rings (SSSR count). The molecule has 2 aromatic carbocycles. The zero-order valence-electron chi connectivity index (χ0n) is 13.6. The fraction of sp³-hybridized carbons (Fsp3) is 0.235. The highest BCUT2D eigenvalue weighted by Gasteiger charge is 2.20. The first-order valence-electron chi connectivity index (χ1n) is 7.61. The van der Waals surface area contributed by atoms with Gasteiger partial charge in [-0.1, -0.05) is 42.1 Å². The number of nitrogens with one attached hydrogen (secondary N) is 1. The van der Waals surface area contributed by atoms with Gasteiger partial charge in [0.05, 0.1) is 18.1 Å². The van der Waals surface area contributed by atoms with E-state index in [1.54, 1.807) is 24.3 Å². The minimum atomic E-state index is -4.01. The Morgan fingerprint density at radius 3 is 2.52 bits per heavy atom. The first-order valence-corrected chi connectivity index (χ1v) is 9.10. The number of carboxylic acids is 1. The van der Waals surface area contributed by atoms with Gasteiger partial charge < -0.3 is 9.84 Å². The van der Waals surface area contributed by atoms with Gasteiger partial charge in [-0.15, -0.1) is 0 Å². The summed E-state index contributed by atoms with van der Waals surface area (Å²) in [7, 11) is -4.01. The molecule has 0 unspecified atom stereocenters. The van der Waals surface area contributed by atoms with Crippen molar-refractivity contribution in [3.8, 4) is 5.75 Å². The third-order valence-corrected chi connectivity index (χ3v) is 4.42. The Morgan fingerprint density at radius 2 is 1.88 bits per heavy atom. The van der Waals surface area contributed by atoms with Gasteiger partial charge in [0.1, 0.15) is 11.3 Å². The van der Waals surface area contributed by atoms with Crippen molar-refractivity contribution < 1.29 is 27.9 Å². The minimum Gasteiger partial charge on any atom is -0.493 e. The van der Waals surface area contributed by atoms with E-state index in [9.17, 15) is 18.3 Å². The van der Waals surface area contributed by atoms with Crippen LogP contribution in [0, 0.1) is 0 Å². The van der Waals surface area contributed by atoms with Crippen LogP contribution in [-0.4, -0.2) is 26.1 Å². The predicted molar refractivity (Wildman–Crippen MR) is 90.7 cm³/mol. The second kappa shape index (κ2) is 8.61. The van der Waals surface area contributed by atoms with E-state index in [-0.39, 0.29) is 22.8 Å². The average molecular weight is 365 g/mol. The summed E-state index contributed by atoms with van der Waals surface area (Å²) in [6, 6.07) is 12.7. The Morgan fingerprint density at radius 1 is 1.16 bits per heavy atom. The third kappa shape index (κ3) is 5.28. The molecule has 134 valence electrons. The van der Waals surface area contributed by atoms with Crippen LogP contribution in [-0.2, 0) is 21.5 Å². The van der Waals surface area contributed by atoms with E-state index < -0.39 is 16.0 Å². The molecule has 0 aliphatic carbocycles. The summed E-state index contributed by atoms with van der Waals surface area (Å²) in [4.78, 5) is 18.1. The van der Waals surface area contributed by atoms with Gasteiger partial charge in [-0.2, -0.15) is 0 Å². The predicted octanol–water partition coefficient (Wildman–Crippen LogP) is 2.58. The highest BCUT2D eigenvalue weighted by Crippen LogP contribution is 2.23. The van der Waals surface area contributed by atoms with E-state index in [1.165, 1.54) is 12.1 Å². The lowest BCUT2D eigenvalue weighted by molar-refractivity contribution is 0.0691. The highest BCUT2D eigenvalue weighted by atomic mass is 32.2. The zero-order chi connectivity index (χ0) is 18.3. The minimum absolute atomic E-state index is 0.0452. The molecule has 0 fully saturated rings. The molecule has 0 radical (unpaired) electrons. The molecule has 0 spiro atoms. The monoisotopic (exact) mass is 365 g/mol. The molecule has 0 saturated heterocycles. The molecule has 0 bridgehead atoms. The Hall–Kier alpha value is -2.42. The van der Waals surface area contributed by atoms with Crippen LogP contribution >= 0.6 is 0 Å². The SMILES string of the molecule is CCCOc1ccc(S(=O)(=O)NOCc2ccccc2)cc1C(=O)O. The van der Waals surface area contributed by atoms with Crippen molar-refractivity contribution in [1.82, 2.24) is 4.89 Å². The Bertz CT molecular complexity index is 820. The molecule has 2 aromatic rings. The normalized spacial score (nSPS) is 11.2. The van der Waals surface area contributed by atoms with Crippen LogP contribution in [0.5, 0.6) is 5.75 Å². The fourth-order valence-electron chi connectivity index (χ4n) is 1.99. The van der Waals surface area contributed by atoms with E-state index in [1.807, 2.05) is 17.9 Å². The van der Waals surface area contributed by atoms with Crippen molar-refractivity contribution in [3.05, 3.63) is 59.7 Å². The van der Waals surface area contributed by atoms with Crippen LogP contribution in [0.2, 0.25) is 0 Å². The number of sulfonamides is 1. The second-order valence-corrected chi connectivity index (χ2v) is 6.82. The molecular formula is C17H19NO6S. The van der Waals surface area contributed by atoms with Crippen molar-refractivity contribution in [2.45, 2.75) is 24.8 Å². The molecule has 0 aromatic heterocycles. The summed E-state index contributed by atoms with van der Waals surface area (Å²) in [6.45, 7) is 2.27. The lowest BCUT2D eigenvalue weighted by Gasteiger charge is -2.11. The quantitative estimate of drug-likeness (QED) is 0.662. The van der Waals surface area contributed by atoms with Gasteiger partial charge in [0.15, 0.2) is 0 Å². The van der Waals surface area contributed by atoms with Gasteiger partial charge in [-0.3, -0.25) is 4.84 Å². The summed E-state index contributed by atoms with van der Waals surface area (Å²) in [5.41, 5.74) is 0.569. The van der Waals surface area contributed by atoms with Crippen LogP contribution in [0.3, 0.4) is 0 Å². The van der Waals surface area contributed by atoms with Crippen molar-refractivity contribution in [1.29, 1.82) is 0 Å². The molecule has 0 saturated carbocycles.